The number of aliphatic hydroxyl groups excluding tert-OH is 1. The summed E-state index contributed by atoms with van der Waals surface area (Å²) in [5, 5.41) is 12.7. The van der Waals surface area contributed by atoms with Crippen molar-refractivity contribution in [2.24, 2.45) is 11.1 Å². The minimum Gasteiger partial charge on any atom is -0.392 e. The molecule has 0 saturated carbocycles. The molecule has 4 heteroatoms. The maximum absolute atomic E-state index is 9.72. The van der Waals surface area contributed by atoms with Crippen LogP contribution in [-0.4, -0.2) is 44.6 Å². The van der Waals surface area contributed by atoms with Crippen LogP contribution in [0.4, 0.5) is 0 Å². The Labute approximate surface area is 85.8 Å². The molecule has 1 aliphatic rings. The number of nitrogens with one attached hydrogen (secondary N) is 1. The standard InChI is InChI=1S/C10H22N2O2/c1-12-6-9(13)5-10(7-11)3-2-4-14-8-10/h9,12-13H,2-8,11H2,1H3. The maximum atomic E-state index is 9.72. The maximum Gasteiger partial charge on any atom is 0.0671 e. The van der Waals surface area contributed by atoms with Gasteiger partial charge in [-0.3, -0.25) is 0 Å². The summed E-state index contributed by atoms with van der Waals surface area (Å²) in [6.45, 7) is 2.77. The van der Waals surface area contributed by atoms with E-state index in [4.69, 9.17) is 10.5 Å². The summed E-state index contributed by atoms with van der Waals surface area (Å²) in [5.41, 5.74) is 5.78. The highest BCUT2D eigenvalue weighted by molar-refractivity contribution is 4.85. The first-order chi connectivity index (χ1) is 6.72. The molecule has 2 unspecified atom stereocenters. The fraction of sp³-hybridized carbons (Fsp3) is 1.00. The molecule has 84 valence electrons. The van der Waals surface area contributed by atoms with Crippen LogP contribution >= 0.6 is 0 Å². The fourth-order valence-corrected chi connectivity index (χ4v) is 2.12. The van der Waals surface area contributed by atoms with Crippen molar-refractivity contribution in [2.45, 2.75) is 25.4 Å². The predicted molar refractivity (Wildman–Crippen MR) is 56.1 cm³/mol. The fourth-order valence-electron chi connectivity index (χ4n) is 2.12. The van der Waals surface area contributed by atoms with E-state index in [0.29, 0.717) is 19.7 Å². The lowest BCUT2D eigenvalue weighted by Gasteiger charge is -2.37. The van der Waals surface area contributed by atoms with Gasteiger partial charge in [0.25, 0.3) is 0 Å². The number of ether oxygens (including phenoxy) is 1. The molecule has 0 amide bonds. The number of nitrogens with two attached hydrogens (primary N) is 1. The molecule has 0 radical (unpaired) electrons. The number of hydrogen-bond donors (Lipinski definition) is 3. The zero-order valence-corrected chi connectivity index (χ0v) is 8.96. The zero-order chi connectivity index (χ0) is 10.4. The first kappa shape index (κ1) is 11.9. The van der Waals surface area contributed by atoms with E-state index in [-0.39, 0.29) is 11.5 Å². The van der Waals surface area contributed by atoms with Crippen LogP contribution in [0, 0.1) is 5.41 Å². The normalized spacial score (nSPS) is 30.2. The molecular formula is C10H22N2O2. The van der Waals surface area contributed by atoms with Crippen LogP contribution in [0.1, 0.15) is 19.3 Å². The Bertz CT molecular complexity index is 158. The summed E-state index contributed by atoms with van der Waals surface area (Å²) in [7, 11) is 1.84. The molecule has 2 atom stereocenters. The second-order valence-electron chi connectivity index (χ2n) is 4.28. The topological polar surface area (TPSA) is 67.5 Å². The van der Waals surface area contributed by atoms with E-state index in [1.165, 1.54) is 0 Å². The zero-order valence-electron chi connectivity index (χ0n) is 8.96. The summed E-state index contributed by atoms with van der Waals surface area (Å²) >= 11 is 0. The van der Waals surface area contributed by atoms with Gasteiger partial charge in [0.05, 0.1) is 12.7 Å². The lowest BCUT2D eigenvalue weighted by molar-refractivity contribution is -0.0295. The molecule has 1 saturated heterocycles. The highest BCUT2D eigenvalue weighted by Gasteiger charge is 2.33. The van der Waals surface area contributed by atoms with Crippen LogP contribution in [0.2, 0.25) is 0 Å². The van der Waals surface area contributed by atoms with Crippen molar-refractivity contribution in [2.75, 3.05) is 33.4 Å². The summed E-state index contributed by atoms with van der Waals surface area (Å²) < 4.78 is 5.44. The second kappa shape index (κ2) is 5.66. The molecular weight excluding hydrogens is 180 g/mol. The molecule has 4 nitrogen and oxygen atoms in total. The van der Waals surface area contributed by atoms with Crippen molar-refractivity contribution in [3.8, 4) is 0 Å². The van der Waals surface area contributed by atoms with Gasteiger partial charge in [-0.1, -0.05) is 0 Å². The molecule has 0 aromatic carbocycles. The van der Waals surface area contributed by atoms with Gasteiger partial charge in [-0.15, -0.1) is 0 Å². The van der Waals surface area contributed by atoms with Crippen molar-refractivity contribution in [3.05, 3.63) is 0 Å². The van der Waals surface area contributed by atoms with E-state index in [0.717, 1.165) is 25.9 Å². The molecule has 0 bridgehead atoms. The molecule has 4 N–H and O–H groups in total. The molecule has 0 aliphatic carbocycles. The average molecular weight is 202 g/mol. The molecule has 1 fully saturated rings. The highest BCUT2D eigenvalue weighted by atomic mass is 16.5. The van der Waals surface area contributed by atoms with E-state index >= 15 is 0 Å². The van der Waals surface area contributed by atoms with Crippen LogP contribution < -0.4 is 11.1 Å². The van der Waals surface area contributed by atoms with Crippen molar-refractivity contribution >= 4 is 0 Å². The van der Waals surface area contributed by atoms with Crippen molar-refractivity contribution < 1.29 is 9.84 Å². The van der Waals surface area contributed by atoms with Gasteiger partial charge in [0.2, 0.25) is 0 Å². The van der Waals surface area contributed by atoms with Crippen molar-refractivity contribution in [3.63, 3.8) is 0 Å². The van der Waals surface area contributed by atoms with E-state index in [1.807, 2.05) is 7.05 Å². The Morgan fingerprint density at radius 2 is 2.43 bits per heavy atom. The van der Waals surface area contributed by atoms with E-state index in [9.17, 15) is 5.11 Å². The smallest absolute Gasteiger partial charge is 0.0671 e. The lowest BCUT2D eigenvalue weighted by Crippen LogP contribution is -2.43. The predicted octanol–water partition coefficient (Wildman–Crippen LogP) is -0.288. The Morgan fingerprint density at radius 1 is 1.64 bits per heavy atom. The largest absolute Gasteiger partial charge is 0.392 e. The van der Waals surface area contributed by atoms with Gasteiger partial charge >= 0.3 is 0 Å². The van der Waals surface area contributed by atoms with Gasteiger partial charge in [-0.05, 0) is 26.3 Å². The van der Waals surface area contributed by atoms with Crippen molar-refractivity contribution in [1.29, 1.82) is 0 Å². The average Bonchev–Trinajstić information content (AvgIpc) is 2.19. The van der Waals surface area contributed by atoms with Crippen LogP contribution in [0.3, 0.4) is 0 Å². The third-order valence-corrected chi connectivity index (χ3v) is 2.95. The van der Waals surface area contributed by atoms with Gasteiger partial charge in [-0.2, -0.15) is 0 Å². The Morgan fingerprint density at radius 3 is 2.93 bits per heavy atom. The monoisotopic (exact) mass is 202 g/mol. The van der Waals surface area contributed by atoms with Crippen molar-refractivity contribution in [1.82, 2.24) is 5.32 Å². The van der Waals surface area contributed by atoms with E-state index < -0.39 is 0 Å². The van der Waals surface area contributed by atoms with Crippen LogP contribution in [0.25, 0.3) is 0 Å². The summed E-state index contributed by atoms with van der Waals surface area (Å²) in [5.74, 6) is 0. The SMILES string of the molecule is CNCC(O)CC1(CN)CCCOC1. The first-order valence-corrected chi connectivity index (χ1v) is 5.33. The Hall–Kier alpha value is -0.160. The molecule has 1 aliphatic heterocycles. The number of aliphatic hydroxyl groups is 1. The molecule has 0 spiro atoms. The van der Waals surface area contributed by atoms with Crippen LogP contribution in [0.5, 0.6) is 0 Å². The van der Waals surface area contributed by atoms with Gasteiger partial charge in [0, 0.05) is 25.1 Å². The van der Waals surface area contributed by atoms with Gasteiger partial charge < -0.3 is 20.9 Å². The highest BCUT2D eigenvalue weighted by Crippen LogP contribution is 2.32. The third kappa shape index (κ3) is 3.20. The minimum atomic E-state index is -0.315. The number of likely N-dealkylation sites (N-methyl/N-ethyl adjacent to an activating group) is 1. The summed E-state index contributed by atoms with van der Waals surface area (Å²) in [6, 6.07) is 0. The summed E-state index contributed by atoms with van der Waals surface area (Å²) in [4.78, 5) is 0. The van der Waals surface area contributed by atoms with Crippen LogP contribution in [0.15, 0.2) is 0 Å². The first-order valence-electron chi connectivity index (χ1n) is 5.33. The Kier molecular flexibility index (Phi) is 4.81. The molecule has 1 heterocycles. The van der Waals surface area contributed by atoms with Gasteiger partial charge in [0.15, 0.2) is 0 Å². The second-order valence-corrected chi connectivity index (χ2v) is 4.28. The van der Waals surface area contributed by atoms with Crippen LogP contribution in [-0.2, 0) is 4.74 Å². The van der Waals surface area contributed by atoms with E-state index in [2.05, 4.69) is 5.32 Å². The van der Waals surface area contributed by atoms with Gasteiger partial charge in [-0.25, -0.2) is 0 Å². The van der Waals surface area contributed by atoms with Gasteiger partial charge in [0.1, 0.15) is 0 Å². The summed E-state index contributed by atoms with van der Waals surface area (Å²) in [6.07, 6.45) is 2.56. The third-order valence-electron chi connectivity index (χ3n) is 2.95. The molecule has 0 aromatic heterocycles. The van der Waals surface area contributed by atoms with E-state index in [1.54, 1.807) is 0 Å². The molecule has 1 rings (SSSR count). The number of rotatable bonds is 5. The number of hydrogen-bond acceptors (Lipinski definition) is 4. The minimum absolute atomic E-state index is 0.00845. The lowest BCUT2D eigenvalue weighted by atomic mass is 9.78. The molecule has 0 aromatic rings. The Balaban J connectivity index is 2.42. The quantitative estimate of drug-likeness (QED) is 0.573. The molecule has 14 heavy (non-hydrogen) atoms.